The van der Waals surface area contributed by atoms with E-state index in [0.717, 1.165) is 45.6 Å². The molecule has 3 rings (SSSR count). The lowest BCUT2D eigenvalue weighted by atomic mass is 10.0. The number of hydrogen-bond donors (Lipinski definition) is 1. The van der Waals surface area contributed by atoms with E-state index in [0.29, 0.717) is 18.1 Å². The highest BCUT2D eigenvalue weighted by Crippen LogP contribution is 2.36. The molecule has 1 aromatic carbocycles. The lowest BCUT2D eigenvalue weighted by molar-refractivity contribution is -0.0323. The molecule has 0 radical (unpaired) electrons. The van der Waals surface area contributed by atoms with Crippen molar-refractivity contribution in [2.75, 3.05) is 26.4 Å². The van der Waals surface area contributed by atoms with Crippen molar-refractivity contribution in [3.8, 4) is 0 Å². The predicted molar refractivity (Wildman–Crippen MR) is 89.2 cm³/mol. The second kappa shape index (κ2) is 7.58. The lowest BCUT2D eigenvalue weighted by Gasteiger charge is -2.23. The van der Waals surface area contributed by atoms with Gasteiger partial charge in [-0.05, 0) is 56.2 Å². The first-order valence-corrected chi connectivity index (χ1v) is 8.76. The summed E-state index contributed by atoms with van der Waals surface area (Å²) in [6.07, 6.45) is 4.81. The van der Waals surface area contributed by atoms with Crippen LogP contribution in [0, 0.1) is 12.8 Å². The SMILES string of the molecule is Cc1ccc2c(c1)C(NCCCOC1CCOCC1)C(C)C2. The summed E-state index contributed by atoms with van der Waals surface area (Å²) in [5.41, 5.74) is 4.40. The van der Waals surface area contributed by atoms with Gasteiger partial charge in [0, 0.05) is 25.9 Å². The smallest absolute Gasteiger partial charge is 0.0619 e. The topological polar surface area (TPSA) is 30.5 Å². The third kappa shape index (κ3) is 3.89. The Bertz CT molecular complexity index is 482. The number of ether oxygens (including phenoxy) is 2. The molecular formula is C19H29NO2. The van der Waals surface area contributed by atoms with Gasteiger partial charge in [-0.2, -0.15) is 0 Å². The number of benzene rings is 1. The predicted octanol–water partition coefficient (Wildman–Crippen LogP) is 3.40. The summed E-state index contributed by atoms with van der Waals surface area (Å²) in [6, 6.07) is 7.40. The Morgan fingerprint density at radius 3 is 2.91 bits per heavy atom. The fourth-order valence-corrected chi connectivity index (χ4v) is 3.69. The third-order valence-electron chi connectivity index (χ3n) is 4.95. The minimum absolute atomic E-state index is 0.419. The van der Waals surface area contributed by atoms with Crippen LogP contribution in [-0.2, 0) is 15.9 Å². The highest BCUT2D eigenvalue weighted by Gasteiger charge is 2.28. The van der Waals surface area contributed by atoms with Gasteiger partial charge in [0.05, 0.1) is 6.10 Å². The van der Waals surface area contributed by atoms with Gasteiger partial charge in [-0.3, -0.25) is 0 Å². The highest BCUT2D eigenvalue weighted by molar-refractivity contribution is 5.38. The maximum atomic E-state index is 5.94. The zero-order valence-electron chi connectivity index (χ0n) is 13.9. The summed E-state index contributed by atoms with van der Waals surface area (Å²) in [7, 11) is 0. The molecule has 3 heteroatoms. The minimum Gasteiger partial charge on any atom is -0.381 e. The Labute approximate surface area is 134 Å². The second-order valence-corrected chi connectivity index (χ2v) is 6.85. The van der Waals surface area contributed by atoms with Gasteiger partial charge in [0.15, 0.2) is 0 Å². The first kappa shape index (κ1) is 16.0. The van der Waals surface area contributed by atoms with Crippen molar-refractivity contribution in [1.29, 1.82) is 0 Å². The molecule has 2 aliphatic rings. The monoisotopic (exact) mass is 303 g/mol. The molecule has 1 N–H and O–H groups in total. The molecule has 0 aromatic heterocycles. The number of rotatable bonds is 6. The van der Waals surface area contributed by atoms with E-state index in [2.05, 4.69) is 37.4 Å². The van der Waals surface area contributed by atoms with E-state index in [1.807, 2.05) is 0 Å². The van der Waals surface area contributed by atoms with E-state index in [1.165, 1.54) is 23.1 Å². The van der Waals surface area contributed by atoms with E-state index >= 15 is 0 Å². The van der Waals surface area contributed by atoms with Crippen LogP contribution in [0.15, 0.2) is 18.2 Å². The van der Waals surface area contributed by atoms with Crippen LogP contribution in [0.2, 0.25) is 0 Å². The fraction of sp³-hybridized carbons (Fsp3) is 0.684. The van der Waals surface area contributed by atoms with Crippen LogP contribution in [0.3, 0.4) is 0 Å². The number of nitrogens with one attached hydrogen (secondary N) is 1. The summed E-state index contributed by atoms with van der Waals surface area (Å²) in [5.74, 6) is 0.688. The van der Waals surface area contributed by atoms with Gasteiger partial charge in [-0.25, -0.2) is 0 Å². The van der Waals surface area contributed by atoms with Crippen LogP contribution < -0.4 is 5.32 Å². The molecule has 0 saturated carbocycles. The summed E-state index contributed by atoms with van der Waals surface area (Å²) < 4.78 is 11.3. The normalized spacial score (nSPS) is 25.4. The van der Waals surface area contributed by atoms with Gasteiger partial charge < -0.3 is 14.8 Å². The van der Waals surface area contributed by atoms with Crippen molar-refractivity contribution in [3.63, 3.8) is 0 Å². The Morgan fingerprint density at radius 2 is 2.09 bits per heavy atom. The number of hydrogen-bond acceptors (Lipinski definition) is 3. The molecule has 3 nitrogen and oxygen atoms in total. The molecule has 1 aliphatic heterocycles. The molecule has 1 fully saturated rings. The molecule has 1 aliphatic carbocycles. The van der Waals surface area contributed by atoms with Crippen molar-refractivity contribution < 1.29 is 9.47 Å². The maximum Gasteiger partial charge on any atom is 0.0619 e. The Balaban J connectivity index is 1.41. The van der Waals surface area contributed by atoms with Crippen molar-refractivity contribution >= 4 is 0 Å². The first-order valence-electron chi connectivity index (χ1n) is 8.76. The highest BCUT2D eigenvalue weighted by atomic mass is 16.5. The summed E-state index contributed by atoms with van der Waals surface area (Å²) in [6.45, 7) is 8.15. The summed E-state index contributed by atoms with van der Waals surface area (Å²) in [4.78, 5) is 0. The molecule has 2 atom stereocenters. The van der Waals surface area contributed by atoms with E-state index in [9.17, 15) is 0 Å². The van der Waals surface area contributed by atoms with Crippen molar-refractivity contribution in [2.45, 2.75) is 51.7 Å². The van der Waals surface area contributed by atoms with Crippen LogP contribution in [0.25, 0.3) is 0 Å². The van der Waals surface area contributed by atoms with E-state index in [-0.39, 0.29) is 0 Å². The zero-order chi connectivity index (χ0) is 15.4. The Kier molecular flexibility index (Phi) is 5.51. The molecule has 22 heavy (non-hydrogen) atoms. The van der Waals surface area contributed by atoms with E-state index in [4.69, 9.17) is 9.47 Å². The van der Waals surface area contributed by atoms with Crippen LogP contribution in [0.4, 0.5) is 0 Å². The Hall–Kier alpha value is -0.900. The molecule has 1 aromatic rings. The molecule has 2 unspecified atom stereocenters. The van der Waals surface area contributed by atoms with Gasteiger partial charge in [-0.15, -0.1) is 0 Å². The first-order chi connectivity index (χ1) is 10.7. The van der Waals surface area contributed by atoms with Crippen LogP contribution in [-0.4, -0.2) is 32.5 Å². The van der Waals surface area contributed by atoms with Crippen molar-refractivity contribution in [3.05, 3.63) is 34.9 Å². The van der Waals surface area contributed by atoms with Gasteiger partial charge >= 0.3 is 0 Å². The zero-order valence-corrected chi connectivity index (χ0v) is 13.9. The van der Waals surface area contributed by atoms with Crippen LogP contribution in [0.5, 0.6) is 0 Å². The summed E-state index contributed by atoms with van der Waals surface area (Å²) in [5, 5.41) is 3.75. The minimum atomic E-state index is 0.419. The van der Waals surface area contributed by atoms with E-state index < -0.39 is 0 Å². The second-order valence-electron chi connectivity index (χ2n) is 6.85. The largest absolute Gasteiger partial charge is 0.381 e. The van der Waals surface area contributed by atoms with Gasteiger partial charge in [0.25, 0.3) is 0 Å². The third-order valence-corrected chi connectivity index (χ3v) is 4.95. The van der Waals surface area contributed by atoms with Gasteiger partial charge in [0.1, 0.15) is 0 Å². The van der Waals surface area contributed by atoms with E-state index in [1.54, 1.807) is 0 Å². The number of fused-ring (bicyclic) bond motifs is 1. The molecule has 1 heterocycles. The molecule has 0 amide bonds. The molecule has 0 bridgehead atoms. The van der Waals surface area contributed by atoms with Gasteiger partial charge in [-0.1, -0.05) is 30.7 Å². The quantitative estimate of drug-likeness (QED) is 0.817. The molecule has 0 spiro atoms. The standard InChI is InChI=1S/C19H29NO2/c1-14-4-5-16-13-15(2)19(18(16)12-14)20-8-3-9-22-17-6-10-21-11-7-17/h4-5,12,15,17,19-20H,3,6-11,13H2,1-2H3. The van der Waals surface area contributed by atoms with Crippen LogP contribution in [0.1, 0.15) is 48.9 Å². The van der Waals surface area contributed by atoms with Crippen LogP contribution >= 0.6 is 0 Å². The lowest BCUT2D eigenvalue weighted by Crippen LogP contribution is -2.27. The Morgan fingerprint density at radius 1 is 1.27 bits per heavy atom. The van der Waals surface area contributed by atoms with Crippen molar-refractivity contribution in [1.82, 2.24) is 5.32 Å². The van der Waals surface area contributed by atoms with Crippen molar-refractivity contribution in [2.24, 2.45) is 5.92 Å². The molecular weight excluding hydrogens is 274 g/mol. The fourth-order valence-electron chi connectivity index (χ4n) is 3.69. The summed E-state index contributed by atoms with van der Waals surface area (Å²) >= 11 is 0. The molecule has 122 valence electrons. The number of aryl methyl sites for hydroxylation is 1. The average molecular weight is 303 g/mol. The average Bonchev–Trinajstić information content (AvgIpc) is 2.83. The van der Waals surface area contributed by atoms with Gasteiger partial charge in [0.2, 0.25) is 0 Å². The molecule has 1 saturated heterocycles. The maximum absolute atomic E-state index is 5.94.